The maximum absolute atomic E-state index is 13.1. The molecular formula is C25H35F3N4O6. The van der Waals surface area contributed by atoms with Crippen LogP contribution in [0.1, 0.15) is 58.9 Å². The minimum absolute atomic E-state index is 0.159. The number of hydrogen-bond donors (Lipinski definition) is 4. The zero-order valence-corrected chi connectivity index (χ0v) is 21.9. The molecule has 0 saturated heterocycles. The Bertz CT molecular complexity index is 1010. The summed E-state index contributed by atoms with van der Waals surface area (Å²) in [7, 11) is 0. The fourth-order valence-corrected chi connectivity index (χ4v) is 3.74. The molecule has 4 N–H and O–H groups in total. The highest BCUT2D eigenvalue weighted by atomic mass is 19.4. The number of carbonyl (C=O) groups is 5. The molecule has 1 aromatic rings. The molecule has 10 nitrogen and oxygen atoms in total. The Morgan fingerprint density at radius 3 is 2.18 bits per heavy atom. The lowest BCUT2D eigenvalue weighted by Crippen LogP contribution is -2.57. The molecule has 0 aromatic heterocycles. The van der Waals surface area contributed by atoms with Gasteiger partial charge in [0.25, 0.3) is 0 Å². The Balaban J connectivity index is 2.84. The van der Waals surface area contributed by atoms with Gasteiger partial charge in [-0.15, -0.1) is 0 Å². The molecule has 1 unspecified atom stereocenters. The van der Waals surface area contributed by atoms with Crippen LogP contribution in [0, 0.1) is 0 Å². The summed E-state index contributed by atoms with van der Waals surface area (Å²) in [5.41, 5.74) is -2.16. The molecule has 1 atom stereocenters. The highest BCUT2D eigenvalue weighted by Crippen LogP contribution is 2.30. The first-order chi connectivity index (χ1) is 17.6. The van der Waals surface area contributed by atoms with E-state index in [0.29, 0.717) is 31.9 Å². The van der Waals surface area contributed by atoms with Crippen LogP contribution in [0.25, 0.3) is 0 Å². The Morgan fingerprint density at radius 1 is 0.974 bits per heavy atom. The van der Waals surface area contributed by atoms with E-state index in [1.807, 2.05) is 5.32 Å². The van der Waals surface area contributed by atoms with Gasteiger partial charge in [-0.3, -0.25) is 24.0 Å². The van der Waals surface area contributed by atoms with Crippen LogP contribution in [0.4, 0.5) is 18.9 Å². The minimum Gasteiger partial charge on any atom is -0.389 e. The van der Waals surface area contributed by atoms with E-state index in [-0.39, 0.29) is 18.0 Å². The number of Topliss-reactive ketones (excluding diaryl/α,β-unsaturated/α-hetero) is 1. The van der Waals surface area contributed by atoms with Crippen molar-refractivity contribution in [3.05, 3.63) is 29.8 Å². The number of ketones is 1. The number of alkyl halides is 3. The molecule has 0 bridgehead atoms. The van der Waals surface area contributed by atoms with Gasteiger partial charge in [0.15, 0.2) is 5.78 Å². The number of anilines is 1. The summed E-state index contributed by atoms with van der Waals surface area (Å²) in [5.74, 6) is -3.98. The normalized spacial score (nSPS) is 12.3. The van der Waals surface area contributed by atoms with Crippen molar-refractivity contribution in [2.75, 3.05) is 25.0 Å². The SMILES string of the molecule is CC(=O)NCCCCCC(C(=O)CO)N(C(=O)CNC(=O)C(=O)Nc1cccc(C(F)(F)F)c1)C(C)(C)C. The first-order valence-electron chi connectivity index (χ1n) is 12.0. The summed E-state index contributed by atoms with van der Waals surface area (Å²) in [6, 6.07) is 2.72. The van der Waals surface area contributed by atoms with Crippen molar-refractivity contribution in [1.29, 1.82) is 0 Å². The molecule has 0 aliphatic carbocycles. The lowest BCUT2D eigenvalue weighted by atomic mass is 9.96. The number of amides is 4. The van der Waals surface area contributed by atoms with Crippen LogP contribution in [0.3, 0.4) is 0 Å². The molecule has 38 heavy (non-hydrogen) atoms. The van der Waals surface area contributed by atoms with Crippen LogP contribution >= 0.6 is 0 Å². The van der Waals surface area contributed by atoms with Gasteiger partial charge in [0.1, 0.15) is 6.61 Å². The van der Waals surface area contributed by atoms with Crippen molar-refractivity contribution >= 4 is 35.1 Å². The van der Waals surface area contributed by atoms with Gasteiger partial charge >= 0.3 is 18.0 Å². The molecule has 0 saturated carbocycles. The number of aliphatic hydroxyl groups excluding tert-OH is 1. The maximum atomic E-state index is 13.1. The summed E-state index contributed by atoms with van der Waals surface area (Å²) in [6.07, 6.45) is -2.60. The molecule has 1 rings (SSSR count). The highest BCUT2D eigenvalue weighted by Gasteiger charge is 2.36. The van der Waals surface area contributed by atoms with Gasteiger partial charge in [0.05, 0.1) is 18.2 Å². The van der Waals surface area contributed by atoms with E-state index in [1.54, 1.807) is 20.8 Å². The Hall–Kier alpha value is -3.48. The summed E-state index contributed by atoms with van der Waals surface area (Å²) in [6.45, 7) is 5.40. The molecule has 4 amide bonds. The van der Waals surface area contributed by atoms with Crippen LogP contribution in [0.15, 0.2) is 24.3 Å². The number of benzene rings is 1. The van der Waals surface area contributed by atoms with E-state index in [2.05, 4.69) is 10.6 Å². The van der Waals surface area contributed by atoms with Gasteiger partial charge in [-0.2, -0.15) is 13.2 Å². The van der Waals surface area contributed by atoms with E-state index in [0.717, 1.165) is 12.1 Å². The first kappa shape index (κ1) is 32.5. The smallest absolute Gasteiger partial charge is 0.389 e. The summed E-state index contributed by atoms with van der Waals surface area (Å²) < 4.78 is 38.6. The second-order valence-corrected chi connectivity index (χ2v) is 9.62. The summed E-state index contributed by atoms with van der Waals surface area (Å²) >= 11 is 0. The molecule has 0 heterocycles. The number of hydrogen-bond acceptors (Lipinski definition) is 6. The van der Waals surface area contributed by atoms with E-state index in [1.165, 1.54) is 17.9 Å². The van der Waals surface area contributed by atoms with Crippen LogP contribution in [0.5, 0.6) is 0 Å². The van der Waals surface area contributed by atoms with Crippen molar-refractivity contribution in [3.63, 3.8) is 0 Å². The van der Waals surface area contributed by atoms with Crippen molar-refractivity contribution in [2.45, 2.75) is 71.1 Å². The minimum atomic E-state index is -4.64. The molecule has 0 spiro atoms. The van der Waals surface area contributed by atoms with Crippen LogP contribution in [0.2, 0.25) is 0 Å². The first-order valence-corrected chi connectivity index (χ1v) is 12.0. The third-order valence-corrected chi connectivity index (χ3v) is 5.41. The average Bonchev–Trinajstić information content (AvgIpc) is 2.81. The number of unbranched alkanes of at least 4 members (excludes halogenated alkanes) is 2. The lowest BCUT2D eigenvalue weighted by Gasteiger charge is -2.41. The van der Waals surface area contributed by atoms with Crippen molar-refractivity contribution < 1.29 is 42.3 Å². The molecule has 13 heteroatoms. The molecular weight excluding hydrogens is 509 g/mol. The average molecular weight is 545 g/mol. The fourth-order valence-electron chi connectivity index (χ4n) is 3.74. The summed E-state index contributed by atoms with van der Waals surface area (Å²) in [5, 5.41) is 16.3. The van der Waals surface area contributed by atoms with Crippen LogP contribution in [-0.2, 0) is 30.1 Å². The van der Waals surface area contributed by atoms with E-state index in [4.69, 9.17) is 0 Å². The van der Waals surface area contributed by atoms with E-state index in [9.17, 15) is 42.3 Å². The molecule has 212 valence electrons. The zero-order chi connectivity index (χ0) is 29.1. The number of rotatable bonds is 12. The Morgan fingerprint density at radius 2 is 1.63 bits per heavy atom. The topological polar surface area (TPSA) is 145 Å². The summed E-state index contributed by atoms with van der Waals surface area (Å²) in [4.78, 5) is 62.2. The van der Waals surface area contributed by atoms with Gasteiger partial charge in [-0.25, -0.2) is 0 Å². The second kappa shape index (κ2) is 14.5. The quantitative estimate of drug-likeness (QED) is 0.234. The number of nitrogens with one attached hydrogen (secondary N) is 3. The predicted molar refractivity (Wildman–Crippen MR) is 133 cm³/mol. The zero-order valence-electron chi connectivity index (χ0n) is 21.9. The second-order valence-electron chi connectivity index (χ2n) is 9.62. The maximum Gasteiger partial charge on any atom is 0.416 e. The predicted octanol–water partition coefficient (Wildman–Crippen LogP) is 2.01. The van der Waals surface area contributed by atoms with Gasteiger partial charge < -0.3 is 26.0 Å². The third kappa shape index (κ3) is 10.9. The van der Waals surface area contributed by atoms with Gasteiger partial charge in [0.2, 0.25) is 11.8 Å². The molecule has 0 fully saturated rings. The van der Waals surface area contributed by atoms with Crippen LogP contribution < -0.4 is 16.0 Å². The Labute approximate surface area is 219 Å². The van der Waals surface area contributed by atoms with Crippen molar-refractivity contribution in [2.24, 2.45) is 0 Å². The monoisotopic (exact) mass is 544 g/mol. The number of carbonyl (C=O) groups excluding carboxylic acids is 5. The Kier molecular flexibility index (Phi) is 12.4. The van der Waals surface area contributed by atoms with E-state index < -0.39 is 60.0 Å². The molecule has 0 radical (unpaired) electrons. The van der Waals surface area contributed by atoms with Gasteiger partial charge in [-0.1, -0.05) is 18.9 Å². The van der Waals surface area contributed by atoms with Crippen molar-refractivity contribution in [1.82, 2.24) is 15.5 Å². The van der Waals surface area contributed by atoms with Gasteiger partial charge in [0, 0.05) is 24.7 Å². The number of halogens is 3. The van der Waals surface area contributed by atoms with Crippen molar-refractivity contribution in [3.8, 4) is 0 Å². The highest BCUT2D eigenvalue weighted by molar-refractivity contribution is 6.39. The molecule has 0 aliphatic heterocycles. The molecule has 0 aliphatic rings. The number of nitrogens with zero attached hydrogens (tertiary/aromatic N) is 1. The standard InChI is InChI=1S/C25H35F3N4O6/c1-16(34)29-12-7-5-6-11-19(20(35)15-33)32(24(2,3)4)21(36)14-30-22(37)23(38)31-18-10-8-9-17(13-18)25(26,27)28/h8-10,13,19,33H,5-7,11-12,14-15H2,1-4H3,(H,29,34)(H,30,37)(H,31,38). The van der Waals surface area contributed by atoms with Crippen LogP contribution in [-0.4, -0.2) is 70.7 Å². The third-order valence-electron chi connectivity index (χ3n) is 5.41. The molecule has 1 aromatic carbocycles. The largest absolute Gasteiger partial charge is 0.416 e. The number of aliphatic hydroxyl groups is 1. The van der Waals surface area contributed by atoms with Gasteiger partial charge in [-0.05, 0) is 51.8 Å². The lowest BCUT2D eigenvalue weighted by molar-refractivity contribution is -0.147. The van der Waals surface area contributed by atoms with E-state index >= 15 is 0 Å². The fraction of sp³-hybridized carbons (Fsp3) is 0.560.